The van der Waals surface area contributed by atoms with Crippen LogP contribution in [-0.2, 0) is 4.79 Å². The van der Waals surface area contributed by atoms with Gasteiger partial charge in [-0.1, -0.05) is 0 Å². The van der Waals surface area contributed by atoms with E-state index < -0.39 is 0 Å². The Kier molecular flexibility index (Phi) is 4.35. The molecule has 0 aliphatic carbocycles. The number of nitrogens with one attached hydrogen (secondary N) is 1. The summed E-state index contributed by atoms with van der Waals surface area (Å²) < 4.78 is 1.72. The zero-order valence-electron chi connectivity index (χ0n) is 15.8. The van der Waals surface area contributed by atoms with Gasteiger partial charge in [-0.05, 0) is 60.7 Å². The van der Waals surface area contributed by atoms with Crippen molar-refractivity contribution in [3.05, 3.63) is 45.8 Å². The smallest absolute Gasteiger partial charge is 0.226 e. The molecule has 5 heterocycles. The molecule has 7 nitrogen and oxygen atoms in total. The summed E-state index contributed by atoms with van der Waals surface area (Å²) in [6, 6.07) is 6.02. The fourth-order valence-electron chi connectivity index (χ4n) is 4.19. The summed E-state index contributed by atoms with van der Waals surface area (Å²) in [5.41, 5.74) is 3.14. The summed E-state index contributed by atoms with van der Waals surface area (Å²) in [7, 11) is 0. The van der Waals surface area contributed by atoms with Crippen molar-refractivity contribution in [1.29, 1.82) is 0 Å². The lowest BCUT2D eigenvalue weighted by Gasteiger charge is -2.27. The monoisotopic (exact) mass is 394 g/mol. The molecule has 3 aromatic heterocycles. The van der Waals surface area contributed by atoms with Crippen LogP contribution in [-0.4, -0.2) is 39.0 Å². The number of anilines is 2. The molecule has 0 unspecified atom stereocenters. The zero-order chi connectivity index (χ0) is 19.1. The van der Waals surface area contributed by atoms with Gasteiger partial charge in [-0.25, -0.2) is 0 Å². The number of amides is 1. The summed E-state index contributed by atoms with van der Waals surface area (Å²) in [5.74, 6) is 2.27. The van der Waals surface area contributed by atoms with Crippen LogP contribution in [0.25, 0.3) is 5.82 Å². The third-order valence-corrected chi connectivity index (χ3v) is 6.28. The highest BCUT2D eigenvalue weighted by atomic mass is 32.1. The molecule has 5 rings (SSSR count). The molecule has 1 N–H and O–H groups in total. The Balaban J connectivity index is 1.51. The highest BCUT2D eigenvalue weighted by molar-refractivity contribution is 7.08. The minimum Gasteiger partial charge on any atom is -0.355 e. The summed E-state index contributed by atoms with van der Waals surface area (Å²) in [6.07, 6.45) is 4.12. The minimum atomic E-state index is 0.00254. The lowest BCUT2D eigenvalue weighted by Crippen LogP contribution is -2.30. The van der Waals surface area contributed by atoms with E-state index in [2.05, 4.69) is 37.0 Å². The zero-order valence-corrected chi connectivity index (χ0v) is 16.6. The SMILES string of the molecule is Cc1nn(-c2ccc(N3CCCCC3)nn2)c2c1[C@H](c1ccsc1)CC(=O)N2. The Hall–Kier alpha value is -2.74. The van der Waals surface area contributed by atoms with Crippen molar-refractivity contribution in [2.45, 2.75) is 38.5 Å². The molecule has 28 heavy (non-hydrogen) atoms. The third kappa shape index (κ3) is 2.97. The maximum atomic E-state index is 12.4. The molecule has 0 radical (unpaired) electrons. The van der Waals surface area contributed by atoms with Gasteiger partial charge in [-0.3, -0.25) is 4.79 Å². The summed E-state index contributed by atoms with van der Waals surface area (Å²) >= 11 is 1.65. The van der Waals surface area contributed by atoms with E-state index in [1.807, 2.05) is 24.4 Å². The van der Waals surface area contributed by atoms with E-state index in [1.54, 1.807) is 16.0 Å². The highest BCUT2D eigenvalue weighted by Crippen LogP contribution is 2.40. The second kappa shape index (κ2) is 7.01. The van der Waals surface area contributed by atoms with Crippen LogP contribution in [0.4, 0.5) is 11.6 Å². The number of hydrogen-bond acceptors (Lipinski definition) is 6. The Morgan fingerprint density at radius 1 is 1.11 bits per heavy atom. The Morgan fingerprint density at radius 3 is 2.61 bits per heavy atom. The van der Waals surface area contributed by atoms with E-state index in [4.69, 9.17) is 0 Å². The van der Waals surface area contributed by atoms with Gasteiger partial charge in [-0.2, -0.15) is 21.1 Å². The molecule has 0 bridgehead atoms. The standard InChI is InChI=1S/C20H22N6OS/c1-13-19-15(14-7-10-28-12-14)11-18(27)21-20(19)26(24-13)17-6-5-16(22-23-17)25-8-3-2-4-9-25/h5-7,10,12,15H,2-4,8-9,11H2,1H3,(H,21,27)/t15-/m0/s1. The van der Waals surface area contributed by atoms with Crippen molar-refractivity contribution in [3.63, 3.8) is 0 Å². The molecule has 1 amide bonds. The van der Waals surface area contributed by atoms with Crippen molar-refractivity contribution in [3.8, 4) is 5.82 Å². The lowest BCUT2D eigenvalue weighted by molar-refractivity contribution is -0.116. The van der Waals surface area contributed by atoms with Crippen molar-refractivity contribution in [1.82, 2.24) is 20.0 Å². The van der Waals surface area contributed by atoms with E-state index >= 15 is 0 Å². The molecule has 1 atom stereocenters. The molecular weight excluding hydrogens is 372 g/mol. The summed E-state index contributed by atoms with van der Waals surface area (Å²) in [5, 5.41) is 20.7. The van der Waals surface area contributed by atoms with Crippen LogP contribution in [0.5, 0.6) is 0 Å². The fourth-order valence-corrected chi connectivity index (χ4v) is 4.91. The molecule has 0 spiro atoms. The van der Waals surface area contributed by atoms with E-state index in [-0.39, 0.29) is 11.8 Å². The normalized spacial score (nSPS) is 19.4. The number of aromatic nitrogens is 4. The number of thiophene rings is 1. The first kappa shape index (κ1) is 17.4. The van der Waals surface area contributed by atoms with E-state index in [1.165, 1.54) is 19.3 Å². The van der Waals surface area contributed by atoms with Crippen molar-refractivity contribution in [2.24, 2.45) is 0 Å². The lowest BCUT2D eigenvalue weighted by atomic mass is 9.87. The van der Waals surface area contributed by atoms with Gasteiger partial charge in [0.1, 0.15) is 5.82 Å². The molecule has 0 saturated carbocycles. The predicted molar refractivity (Wildman–Crippen MR) is 109 cm³/mol. The summed E-state index contributed by atoms with van der Waals surface area (Å²) in [4.78, 5) is 14.7. The van der Waals surface area contributed by atoms with Crippen molar-refractivity contribution >= 4 is 28.9 Å². The molecular formula is C20H22N6OS. The Morgan fingerprint density at radius 2 is 1.89 bits per heavy atom. The number of rotatable bonds is 3. The van der Waals surface area contributed by atoms with Crippen LogP contribution in [0.15, 0.2) is 29.0 Å². The first-order valence-corrected chi connectivity index (χ1v) is 10.7. The summed E-state index contributed by atoms with van der Waals surface area (Å²) in [6.45, 7) is 4.05. The number of fused-ring (bicyclic) bond motifs is 1. The van der Waals surface area contributed by atoms with Gasteiger partial charge in [0.2, 0.25) is 5.91 Å². The maximum Gasteiger partial charge on any atom is 0.226 e. The average molecular weight is 395 g/mol. The van der Waals surface area contributed by atoms with Crippen molar-refractivity contribution in [2.75, 3.05) is 23.3 Å². The molecule has 3 aromatic rings. The van der Waals surface area contributed by atoms with Crippen LogP contribution in [0, 0.1) is 6.92 Å². The minimum absolute atomic E-state index is 0.00254. The molecule has 144 valence electrons. The largest absolute Gasteiger partial charge is 0.355 e. The number of aryl methyl sites for hydroxylation is 1. The van der Waals surface area contributed by atoms with Gasteiger partial charge in [0.05, 0.1) is 5.69 Å². The second-order valence-electron chi connectivity index (χ2n) is 7.42. The van der Waals surface area contributed by atoms with Gasteiger partial charge < -0.3 is 10.2 Å². The number of carbonyl (C=O) groups excluding carboxylic acids is 1. The fraction of sp³-hybridized carbons (Fsp3) is 0.400. The van der Waals surface area contributed by atoms with Gasteiger partial charge in [0, 0.05) is 31.0 Å². The van der Waals surface area contributed by atoms with Gasteiger partial charge in [-0.15, -0.1) is 10.2 Å². The van der Waals surface area contributed by atoms with E-state index in [0.29, 0.717) is 18.1 Å². The highest BCUT2D eigenvalue weighted by Gasteiger charge is 2.33. The molecule has 8 heteroatoms. The first-order chi connectivity index (χ1) is 13.7. The maximum absolute atomic E-state index is 12.4. The second-order valence-corrected chi connectivity index (χ2v) is 8.20. The Labute approximate surface area is 167 Å². The van der Waals surface area contributed by atoms with Crippen molar-refractivity contribution < 1.29 is 4.79 Å². The topological polar surface area (TPSA) is 75.9 Å². The Bertz CT molecular complexity index is 989. The third-order valence-electron chi connectivity index (χ3n) is 5.58. The molecule has 0 aromatic carbocycles. The first-order valence-electron chi connectivity index (χ1n) is 9.71. The number of hydrogen-bond donors (Lipinski definition) is 1. The molecule has 2 aliphatic rings. The van der Waals surface area contributed by atoms with E-state index in [0.717, 1.165) is 35.7 Å². The molecule has 1 saturated heterocycles. The molecule has 1 fully saturated rings. The molecule has 2 aliphatic heterocycles. The predicted octanol–water partition coefficient (Wildman–Crippen LogP) is 3.50. The van der Waals surface area contributed by atoms with Crippen LogP contribution < -0.4 is 10.2 Å². The quantitative estimate of drug-likeness (QED) is 0.736. The van der Waals surface area contributed by atoms with Crippen LogP contribution in [0.3, 0.4) is 0 Å². The van der Waals surface area contributed by atoms with Crippen LogP contribution in [0.2, 0.25) is 0 Å². The van der Waals surface area contributed by atoms with Gasteiger partial charge in [0.15, 0.2) is 11.6 Å². The van der Waals surface area contributed by atoms with Crippen LogP contribution in [0.1, 0.15) is 48.4 Å². The number of piperidine rings is 1. The number of carbonyl (C=O) groups is 1. The van der Waals surface area contributed by atoms with Crippen LogP contribution >= 0.6 is 11.3 Å². The van der Waals surface area contributed by atoms with E-state index in [9.17, 15) is 4.79 Å². The average Bonchev–Trinajstić information content (AvgIpc) is 3.37. The van der Waals surface area contributed by atoms with Gasteiger partial charge in [0.25, 0.3) is 0 Å². The van der Waals surface area contributed by atoms with Gasteiger partial charge >= 0.3 is 0 Å². The number of nitrogens with zero attached hydrogens (tertiary/aromatic N) is 5.